The van der Waals surface area contributed by atoms with Gasteiger partial charge in [0.1, 0.15) is 6.10 Å². The average Bonchev–Trinajstić information content (AvgIpc) is 3.12. The fourth-order valence-corrected chi connectivity index (χ4v) is 2.97. The molecule has 2 saturated heterocycles. The molecular weight excluding hydrogens is 296 g/mol. The fourth-order valence-electron chi connectivity index (χ4n) is 2.97. The van der Waals surface area contributed by atoms with Gasteiger partial charge in [-0.15, -0.1) is 0 Å². The van der Waals surface area contributed by atoms with E-state index in [0.717, 1.165) is 71.2 Å². The first kappa shape index (κ1) is 18.0. The molecule has 2 fully saturated rings. The van der Waals surface area contributed by atoms with Crippen LogP contribution in [0.5, 0.6) is 0 Å². The summed E-state index contributed by atoms with van der Waals surface area (Å²) in [6, 6.07) is 0. The minimum atomic E-state index is -0.211. The molecule has 2 heterocycles. The van der Waals surface area contributed by atoms with E-state index in [2.05, 4.69) is 15.2 Å². The first-order valence-electron chi connectivity index (χ1n) is 8.70. The number of rotatable bonds is 6. The monoisotopic (exact) mass is 326 g/mol. The molecule has 7 heteroatoms. The van der Waals surface area contributed by atoms with E-state index in [1.54, 1.807) is 7.05 Å². The topological polar surface area (TPSA) is 66.4 Å². The zero-order valence-corrected chi connectivity index (χ0v) is 14.4. The van der Waals surface area contributed by atoms with Gasteiger partial charge in [-0.1, -0.05) is 0 Å². The van der Waals surface area contributed by atoms with Crippen molar-refractivity contribution in [1.82, 2.24) is 15.1 Å². The average molecular weight is 326 g/mol. The molecule has 23 heavy (non-hydrogen) atoms. The van der Waals surface area contributed by atoms with Gasteiger partial charge in [-0.25, -0.2) is 0 Å². The summed E-state index contributed by atoms with van der Waals surface area (Å²) in [5.74, 6) is 1.06. The molecule has 1 amide bonds. The summed E-state index contributed by atoms with van der Waals surface area (Å²) in [6.45, 7) is 8.18. The second-order valence-corrected chi connectivity index (χ2v) is 5.84. The maximum atomic E-state index is 12.3. The summed E-state index contributed by atoms with van der Waals surface area (Å²) in [5.41, 5.74) is 0. The lowest BCUT2D eigenvalue weighted by Crippen LogP contribution is -2.55. The van der Waals surface area contributed by atoms with E-state index >= 15 is 0 Å². The van der Waals surface area contributed by atoms with Crippen molar-refractivity contribution in [1.29, 1.82) is 0 Å². The molecule has 0 spiro atoms. The molecule has 0 radical (unpaired) electrons. The minimum absolute atomic E-state index is 0.154. The number of carbonyl (C=O) groups excluding carboxylic acids is 1. The van der Waals surface area contributed by atoms with E-state index in [1.165, 1.54) is 0 Å². The van der Waals surface area contributed by atoms with Crippen molar-refractivity contribution < 1.29 is 14.3 Å². The Morgan fingerprint density at radius 3 is 2.65 bits per heavy atom. The van der Waals surface area contributed by atoms with Crippen LogP contribution < -0.4 is 5.32 Å². The lowest BCUT2D eigenvalue weighted by molar-refractivity contribution is -0.142. The van der Waals surface area contributed by atoms with Gasteiger partial charge in [0.05, 0.1) is 0 Å². The van der Waals surface area contributed by atoms with E-state index < -0.39 is 0 Å². The summed E-state index contributed by atoms with van der Waals surface area (Å²) in [5, 5.41) is 3.36. The van der Waals surface area contributed by atoms with Crippen molar-refractivity contribution >= 4 is 11.9 Å². The number of ether oxygens (including phenoxy) is 2. The Kier molecular flexibility index (Phi) is 7.61. The van der Waals surface area contributed by atoms with E-state index in [0.29, 0.717) is 6.61 Å². The van der Waals surface area contributed by atoms with Crippen LogP contribution in [-0.2, 0) is 14.3 Å². The van der Waals surface area contributed by atoms with Gasteiger partial charge in [0.25, 0.3) is 5.91 Å². The molecule has 2 rings (SSSR count). The van der Waals surface area contributed by atoms with Gasteiger partial charge < -0.3 is 24.6 Å². The highest BCUT2D eigenvalue weighted by Gasteiger charge is 2.30. The first-order chi connectivity index (χ1) is 11.3. The highest BCUT2D eigenvalue weighted by molar-refractivity contribution is 5.82. The maximum Gasteiger partial charge on any atom is 0.251 e. The van der Waals surface area contributed by atoms with Crippen LogP contribution in [-0.4, -0.2) is 87.4 Å². The fraction of sp³-hybridized carbons (Fsp3) is 0.875. The van der Waals surface area contributed by atoms with E-state index in [9.17, 15) is 4.79 Å². The number of nitrogens with one attached hydrogen (secondary N) is 1. The molecule has 0 saturated carbocycles. The van der Waals surface area contributed by atoms with E-state index in [1.807, 2.05) is 11.8 Å². The summed E-state index contributed by atoms with van der Waals surface area (Å²) >= 11 is 0. The standard InChI is InChI=1S/C16H30N4O3/c1-3-22-12-5-7-18-16(17-2)20-10-8-19(9-11-20)15(21)14-6-4-13-23-14/h14H,3-13H2,1-2H3,(H,17,18)/t14-/m0/s1. The number of hydrogen-bond acceptors (Lipinski definition) is 4. The molecule has 0 aliphatic carbocycles. The Morgan fingerprint density at radius 2 is 2.04 bits per heavy atom. The molecule has 132 valence electrons. The predicted molar refractivity (Wildman–Crippen MR) is 89.6 cm³/mol. The van der Waals surface area contributed by atoms with Gasteiger partial charge in [-0.05, 0) is 26.2 Å². The molecule has 1 N–H and O–H groups in total. The van der Waals surface area contributed by atoms with Crippen molar-refractivity contribution in [3.05, 3.63) is 0 Å². The normalized spacial score (nSPS) is 22.5. The smallest absolute Gasteiger partial charge is 0.251 e. The van der Waals surface area contributed by atoms with Crippen molar-refractivity contribution in [2.24, 2.45) is 4.99 Å². The highest BCUT2D eigenvalue weighted by Crippen LogP contribution is 2.16. The van der Waals surface area contributed by atoms with Crippen LogP contribution in [0.4, 0.5) is 0 Å². The second kappa shape index (κ2) is 9.72. The molecule has 2 aliphatic heterocycles. The lowest BCUT2D eigenvalue weighted by atomic mass is 10.2. The molecule has 0 aromatic carbocycles. The van der Waals surface area contributed by atoms with Gasteiger partial charge in [0.15, 0.2) is 5.96 Å². The predicted octanol–water partition coefficient (Wildman–Crippen LogP) is 0.312. The van der Waals surface area contributed by atoms with Crippen LogP contribution in [0.3, 0.4) is 0 Å². The number of aliphatic imine (C=N–C) groups is 1. The Hall–Kier alpha value is -1.34. The molecule has 0 aromatic heterocycles. The van der Waals surface area contributed by atoms with Crippen LogP contribution in [0.25, 0.3) is 0 Å². The second-order valence-electron chi connectivity index (χ2n) is 5.84. The number of carbonyl (C=O) groups is 1. The molecule has 0 aromatic rings. The Balaban J connectivity index is 1.70. The molecular formula is C16H30N4O3. The van der Waals surface area contributed by atoms with Gasteiger partial charge in [0, 0.05) is 59.6 Å². The summed E-state index contributed by atoms with van der Waals surface area (Å²) in [4.78, 5) is 20.8. The first-order valence-corrected chi connectivity index (χ1v) is 8.70. The summed E-state index contributed by atoms with van der Waals surface area (Å²) < 4.78 is 10.8. The number of guanidine groups is 1. The number of nitrogens with zero attached hydrogens (tertiary/aromatic N) is 3. The third-order valence-corrected chi connectivity index (χ3v) is 4.26. The number of hydrogen-bond donors (Lipinski definition) is 1. The van der Waals surface area contributed by atoms with Gasteiger partial charge in [0.2, 0.25) is 0 Å². The Bertz CT molecular complexity index is 389. The third-order valence-electron chi connectivity index (χ3n) is 4.26. The van der Waals surface area contributed by atoms with E-state index in [4.69, 9.17) is 9.47 Å². The number of amides is 1. The SMILES string of the molecule is CCOCCCNC(=NC)N1CCN(C(=O)[C@@H]2CCCO2)CC1. The zero-order valence-electron chi connectivity index (χ0n) is 14.4. The largest absolute Gasteiger partial charge is 0.382 e. The van der Waals surface area contributed by atoms with Crippen molar-refractivity contribution in [3.8, 4) is 0 Å². The van der Waals surface area contributed by atoms with Crippen molar-refractivity contribution in [2.45, 2.75) is 32.3 Å². The molecule has 7 nitrogen and oxygen atoms in total. The quantitative estimate of drug-likeness (QED) is 0.432. The van der Waals surface area contributed by atoms with Crippen LogP contribution in [0, 0.1) is 0 Å². The van der Waals surface area contributed by atoms with Crippen LogP contribution in [0.2, 0.25) is 0 Å². The van der Waals surface area contributed by atoms with Crippen molar-refractivity contribution in [2.75, 3.05) is 59.6 Å². The molecule has 1 atom stereocenters. The molecule has 0 bridgehead atoms. The third kappa shape index (κ3) is 5.35. The summed E-state index contributed by atoms with van der Waals surface area (Å²) in [6.07, 6.45) is 2.61. The van der Waals surface area contributed by atoms with E-state index in [-0.39, 0.29) is 12.0 Å². The Labute approximate surface area is 139 Å². The maximum absolute atomic E-state index is 12.3. The highest BCUT2D eigenvalue weighted by atomic mass is 16.5. The number of piperazine rings is 1. The van der Waals surface area contributed by atoms with Gasteiger partial charge in [-0.2, -0.15) is 0 Å². The zero-order chi connectivity index (χ0) is 16.5. The molecule has 2 aliphatic rings. The lowest BCUT2D eigenvalue weighted by Gasteiger charge is -2.37. The van der Waals surface area contributed by atoms with Crippen LogP contribution >= 0.6 is 0 Å². The van der Waals surface area contributed by atoms with Crippen LogP contribution in [0.15, 0.2) is 4.99 Å². The summed E-state index contributed by atoms with van der Waals surface area (Å²) in [7, 11) is 1.80. The van der Waals surface area contributed by atoms with Crippen molar-refractivity contribution in [3.63, 3.8) is 0 Å². The van der Waals surface area contributed by atoms with Crippen LogP contribution in [0.1, 0.15) is 26.2 Å². The Morgan fingerprint density at radius 1 is 1.30 bits per heavy atom. The van der Waals surface area contributed by atoms with Gasteiger partial charge >= 0.3 is 0 Å². The molecule has 0 unspecified atom stereocenters. The minimum Gasteiger partial charge on any atom is -0.382 e. The van der Waals surface area contributed by atoms with Gasteiger partial charge in [-0.3, -0.25) is 9.79 Å².